The number of aromatic amines is 1. The molecule has 3 aromatic rings. The lowest BCUT2D eigenvalue weighted by atomic mass is 10.1. The van der Waals surface area contributed by atoms with Crippen molar-refractivity contribution in [3.05, 3.63) is 53.5 Å². The molecule has 3 rings (SSSR count). The summed E-state index contributed by atoms with van der Waals surface area (Å²) in [5, 5.41) is 5.54. The van der Waals surface area contributed by atoms with Gasteiger partial charge in [0.05, 0.1) is 28.8 Å². The first-order valence-electron chi connectivity index (χ1n) is 7.06. The molecule has 26 heavy (non-hydrogen) atoms. The van der Waals surface area contributed by atoms with Crippen LogP contribution >= 0.6 is 11.6 Å². The van der Waals surface area contributed by atoms with Crippen molar-refractivity contribution in [2.75, 3.05) is 0 Å². The molecule has 0 fully saturated rings. The SMILES string of the molecule is Cn1cnc(-c2cc(Cl)c(F)c(C(=O)NNS(=O)(=O)c3cn[nH]c3)c2)c1. The molecule has 0 spiro atoms. The maximum absolute atomic E-state index is 14.2. The van der Waals surface area contributed by atoms with E-state index in [9.17, 15) is 17.6 Å². The van der Waals surface area contributed by atoms with Gasteiger partial charge in [0.1, 0.15) is 4.90 Å². The number of H-pyrrole nitrogens is 1. The predicted octanol–water partition coefficient (Wildman–Crippen LogP) is 1.23. The second-order valence-corrected chi connectivity index (χ2v) is 7.33. The minimum atomic E-state index is -4.05. The highest BCUT2D eigenvalue weighted by Crippen LogP contribution is 2.27. The molecule has 0 aliphatic heterocycles. The zero-order valence-electron chi connectivity index (χ0n) is 13.2. The lowest BCUT2D eigenvalue weighted by molar-refractivity contribution is 0.0941. The average Bonchev–Trinajstić information content (AvgIpc) is 3.27. The number of nitrogens with one attached hydrogen (secondary N) is 3. The molecule has 3 N–H and O–H groups in total. The number of imidazole rings is 1. The Bertz CT molecular complexity index is 1060. The van der Waals surface area contributed by atoms with Crippen LogP contribution in [0.1, 0.15) is 10.4 Å². The van der Waals surface area contributed by atoms with E-state index in [-0.39, 0.29) is 9.92 Å². The lowest BCUT2D eigenvalue weighted by Gasteiger charge is -2.10. The summed E-state index contributed by atoms with van der Waals surface area (Å²) in [6, 6.07) is 2.55. The molecule has 0 atom stereocenters. The van der Waals surface area contributed by atoms with E-state index in [1.165, 1.54) is 18.5 Å². The van der Waals surface area contributed by atoms with E-state index in [1.54, 1.807) is 17.8 Å². The Labute approximate surface area is 152 Å². The highest BCUT2D eigenvalue weighted by atomic mass is 35.5. The fourth-order valence-corrected chi connectivity index (χ4v) is 3.05. The summed E-state index contributed by atoms with van der Waals surface area (Å²) in [6.45, 7) is 0. The van der Waals surface area contributed by atoms with Crippen LogP contribution in [0.3, 0.4) is 0 Å². The van der Waals surface area contributed by atoms with Gasteiger partial charge in [-0.3, -0.25) is 15.3 Å². The van der Waals surface area contributed by atoms with Gasteiger partial charge in [0, 0.05) is 25.0 Å². The van der Waals surface area contributed by atoms with Gasteiger partial charge in [0.2, 0.25) is 0 Å². The first kappa shape index (κ1) is 18.0. The van der Waals surface area contributed by atoms with Gasteiger partial charge in [-0.05, 0) is 12.1 Å². The van der Waals surface area contributed by atoms with Gasteiger partial charge in [-0.1, -0.05) is 11.6 Å². The van der Waals surface area contributed by atoms with Crippen molar-refractivity contribution < 1.29 is 17.6 Å². The molecule has 136 valence electrons. The van der Waals surface area contributed by atoms with Crippen molar-refractivity contribution in [2.45, 2.75) is 4.90 Å². The van der Waals surface area contributed by atoms with Gasteiger partial charge in [0.15, 0.2) is 5.82 Å². The van der Waals surface area contributed by atoms with E-state index in [0.29, 0.717) is 11.3 Å². The lowest BCUT2D eigenvalue weighted by Crippen LogP contribution is -2.41. The summed E-state index contributed by atoms with van der Waals surface area (Å²) < 4.78 is 39.8. The molecular formula is C14H12ClFN6O3S. The second-order valence-electron chi connectivity index (χ2n) is 5.24. The number of hydrogen-bond donors (Lipinski definition) is 3. The zero-order valence-corrected chi connectivity index (χ0v) is 14.8. The predicted molar refractivity (Wildman–Crippen MR) is 90.0 cm³/mol. The largest absolute Gasteiger partial charge is 0.340 e. The summed E-state index contributed by atoms with van der Waals surface area (Å²) in [5.74, 6) is -2.00. The highest BCUT2D eigenvalue weighted by molar-refractivity contribution is 7.89. The summed E-state index contributed by atoms with van der Waals surface area (Å²) in [6.07, 6.45) is 5.36. The van der Waals surface area contributed by atoms with Crippen LogP contribution in [0, 0.1) is 5.82 Å². The van der Waals surface area contributed by atoms with Crippen LogP contribution in [-0.4, -0.2) is 34.1 Å². The molecule has 0 bridgehead atoms. The average molecular weight is 399 g/mol. The highest BCUT2D eigenvalue weighted by Gasteiger charge is 2.21. The molecule has 2 aromatic heterocycles. The number of carbonyl (C=O) groups excluding carboxylic acids is 1. The second kappa shape index (κ2) is 6.86. The normalized spacial score (nSPS) is 11.5. The molecule has 0 saturated heterocycles. The van der Waals surface area contributed by atoms with E-state index in [1.807, 2.05) is 10.3 Å². The summed E-state index contributed by atoms with van der Waals surface area (Å²) in [7, 11) is -2.30. The van der Waals surface area contributed by atoms with Crippen molar-refractivity contribution in [2.24, 2.45) is 7.05 Å². The van der Waals surface area contributed by atoms with Crippen molar-refractivity contribution in [3.8, 4) is 11.3 Å². The van der Waals surface area contributed by atoms with Gasteiger partial charge in [-0.2, -0.15) is 5.10 Å². The van der Waals surface area contributed by atoms with E-state index in [4.69, 9.17) is 11.6 Å². The number of benzene rings is 1. The summed E-state index contributed by atoms with van der Waals surface area (Å²) >= 11 is 5.85. The van der Waals surface area contributed by atoms with E-state index < -0.39 is 27.3 Å². The fraction of sp³-hybridized carbons (Fsp3) is 0.0714. The van der Waals surface area contributed by atoms with Crippen LogP contribution in [0.25, 0.3) is 11.3 Å². The molecule has 1 aromatic carbocycles. The number of aryl methyl sites for hydroxylation is 1. The van der Waals surface area contributed by atoms with E-state index in [0.717, 1.165) is 12.4 Å². The zero-order chi connectivity index (χ0) is 18.9. The molecule has 9 nitrogen and oxygen atoms in total. The van der Waals surface area contributed by atoms with Crippen molar-refractivity contribution >= 4 is 27.5 Å². The van der Waals surface area contributed by atoms with Crippen molar-refractivity contribution in [1.82, 2.24) is 30.0 Å². The fourth-order valence-electron chi connectivity index (χ4n) is 2.09. The molecule has 0 aliphatic rings. The van der Waals surface area contributed by atoms with Gasteiger partial charge in [0.25, 0.3) is 15.9 Å². The number of halogens is 2. The number of sulfonamides is 1. The van der Waals surface area contributed by atoms with E-state index in [2.05, 4.69) is 15.2 Å². The van der Waals surface area contributed by atoms with Gasteiger partial charge >= 0.3 is 0 Å². The Morgan fingerprint density at radius 1 is 1.38 bits per heavy atom. The smallest absolute Gasteiger partial charge is 0.269 e. The minimum absolute atomic E-state index is 0.196. The quantitative estimate of drug-likeness (QED) is 0.558. The molecule has 0 saturated carbocycles. The van der Waals surface area contributed by atoms with Crippen LogP contribution in [0.15, 0.2) is 41.9 Å². The third-order valence-electron chi connectivity index (χ3n) is 3.36. The van der Waals surface area contributed by atoms with Crippen LogP contribution in [0.4, 0.5) is 4.39 Å². The molecule has 0 unspecified atom stereocenters. The van der Waals surface area contributed by atoms with Crippen molar-refractivity contribution in [1.29, 1.82) is 0 Å². The third-order valence-corrected chi connectivity index (χ3v) is 4.85. The van der Waals surface area contributed by atoms with Gasteiger partial charge < -0.3 is 4.57 Å². The summed E-state index contributed by atoms with van der Waals surface area (Å²) in [5.41, 5.74) is 2.38. The maximum atomic E-state index is 14.2. The monoisotopic (exact) mass is 398 g/mol. The van der Waals surface area contributed by atoms with Gasteiger partial charge in [-0.25, -0.2) is 17.8 Å². The number of hydrogen-bond acceptors (Lipinski definition) is 5. The minimum Gasteiger partial charge on any atom is -0.340 e. The Kier molecular flexibility index (Phi) is 4.76. The number of amides is 1. The Morgan fingerprint density at radius 3 is 2.77 bits per heavy atom. The molecule has 12 heteroatoms. The number of carbonyl (C=O) groups is 1. The molecule has 1 amide bonds. The first-order valence-corrected chi connectivity index (χ1v) is 8.92. The Balaban J connectivity index is 1.86. The molecule has 2 heterocycles. The Morgan fingerprint density at radius 2 is 2.15 bits per heavy atom. The number of nitrogens with zero attached hydrogens (tertiary/aromatic N) is 3. The van der Waals surface area contributed by atoms with Crippen LogP contribution in [-0.2, 0) is 17.1 Å². The molecular weight excluding hydrogens is 387 g/mol. The topological polar surface area (TPSA) is 122 Å². The van der Waals surface area contributed by atoms with E-state index >= 15 is 0 Å². The Hall–Kier alpha value is -2.76. The molecule has 0 aliphatic carbocycles. The summed E-state index contributed by atoms with van der Waals surface area (Å²) in [4.78, 5) is 18.0. The van der Waals surface area contributed by atoms with Crippen LogP contribution < -0.4 is 10.3 Å². The maximum Gasteiger partial charge on any atom is 0.269 e. The molecule has 0 radical (unpaired) electrons. The van der Waals surface area contributed by atoms with Crippen LogP contribution in [0.5, 0.6) is 0 Å². The van der Waals surface area contributed by atoms with Crippen molar-refractivity contribution in [3.63, 3.8) is 0 Å². The first-order chi connectivity index (χ1) is 12.3. The third kappa shape index (κ3) is 3.59. The number of hydrazine groups is 1. The van der Waals surface area contributed by atoms with Crippen LogP contribution in [0.2, 0.25) is 5.02 Å². The number of aromatic nitrogens is 4. The number of rotatable bonds is 5. The van der Waals surface area contributed by atoms with Gasteiger partial charge in [-0.15, -0.1) is 4.83 Å². The standard InChI is InChI=1S/C14H12ClFN6O3S/c1-22-6-12(17-7-22)8-2-10(13(16)11(15)3-8)14(23)20-21-26(24,25)9-4-18-19-5-9/h2-7,21H,1H3,(H,18,19)(H,20,23).